The zero-order chi connectivity index (χ0) is 11.7. The first-order valence-corrected chi connectivity index (χ1v) is 6.01. The molecule has 0 aliphatic rings. The molecule has 0 bridgehead atoms. The molecule has 1 unspecified atom stereocenters. The maximum atomic E-state index is 13.0. The van der Waals surface area contributed by atoms with Gasteiger partial charge in [0.2, 0.25) is 0 Å². The van der Waals surface area contributed by atoms with Crippen molar-refractivity contribution in [3.8, 4) is 10.4 Å². The van der Waals surface area contributed by atoms with Gasteiger partial charge in [-0.15, -0.1) is 11.3 Å². The average Bonchev–Trinajstić information content (AvgIpc) is 2.66. The zero-order valence-electron chi connectivity index (χ0n) is 9.33. The van der Waals surface area contributed by atoms with E-state index in [0.717, 1.165) is 20.9 Å². The van der Waals surface area contributed by atoms with E-state index >= 15 is 0 Å². The normalized spacial score (nSPS) is 12.8. The SMILES string of the molecule is Cc1cc(F)ccc1-c1ccc(C(C)N)s1. The summed E-state index contributed by atoms with van der Waals surface area (Å²) in [5, 5.41) is 0. The van der Waals surface area contributed by atoms with E-state index in [1.807, 2.05) is 32.0 Å². The van der Waals surface area contributed by atoms with Crippen molar-refractivity contribution in [1.82, 2.24) is 0 Å². The molecule has 0 saturated carbocycles. The number of halogens is 1. The van der Waals surface area contributed by atoms with Gasteiger partial charge < -0.3 is 5.73 Å². The molecule has 0 fully saturated rings. The van der Waals surface area contributed by atoms with Crippen molar-refractivity contribution in [1.29, 1.82) is 0 Å². The monoisotopic (exact) mass is 235 g/mol. The van der Waals surface area contributed by atoms with Crippen LogP contribution in [0.3, 0.4) is 0 Å². The molecule has 84 valence electrons. The van der Waals surface area contributed by atoms with E-state index in [1.165, 1.54) is 6.07 Å². The van der Waals surface area contributed by atoms with E-state index in [1.54, 1.807) is 17.4 Å². The highest BCUT2D eigenvalue weighted by atomic mass is 32.1. The van der Waals surface area contributed by atoms with Gasteiger partial charge in [0.1, 0.15) is 5.82 Å². The first kappa shape index (κ1) is 11.3. The van der Waals surface area contributed by atoms with Crippen molar-refractivity contribution >= 4 is 11.3 Å². The Labute approximate surface area is 98.7 Å². The Balaban J connectivity index is 2.42. The Morgan fingerprint density at radius 3 is 2.56 bits per heavy atom. The Kier molecular flexibility index (Phi) is 3.08. The lowest BCUT2D eigenvalue weighted by atomic mass is 10.1. The molecule has 2 aromatic rings. The molecule has 16 heavy (non-hydrogen) atoms. The van der Waals surface area contributed by atoms with Crippen LogP contribution in [0.4, 0.5) is 4.39 Å². The fraction of sp³-hybridized carbons (Fsp3) is 0.231. The fourth-order valence-corrected chi connectivity index (χ4v) is 2.70. The number of thiophene rings is 1. The second kappa shape index (κ2) is 4.36. The third-order valence-electron chi connectivity index (χ3n) is 2.53. The van der Waals surface area contributed by atoms with Gasteiger partial charge in [-0.05, 0) is 49.2 Å². The summed E-state index contributed by atoms with van der Waals surface area (Å²) in [5.74, 6) is -0.190. The summed E-state index contributed by atoms with van der Waals surface area (Å²) >= 11 is 1.67. The highest BCUT2D eigenvalue weighted by Crippen LogP contribution is 2.32. The second-order valence-corrected chi connectivity index (χ2v) is 5.07. The van der Waals surface area contributed by atoms with E-state index in [2.05, 4.69) is 0 Å². The summed E-state index contributed by atoms with van der Waals surface area (Å²) in [4.78, 5) is 2.29. The third-order valence-corrected chi connectivity index (χ3v) is 3.85. The molecular formula is C13H14FNS. The fourth-order valence-electron chi connectivity index (χ4n) is 1.65. The first-order valence-electron chi connectivity index (χ1n) is 5.20. The molecule has 0 aliphatic carbocycles. The van der Waals surface area contributed by atoms with Gasteiger partial charge in [0.05, 0.1) is 0 Å². The van der Waals surface area contributed by atoms with E-state index in [4.69, 9.17) is 5.73 Å². The molecule has 1 aromatic carbocycles. The smallest absolute Gasteiger partial charge is 0.123 e. The number of aryl methyl sites for hydroxylation is 1. The van der Waals surface area contributed by atoms with E-state index in [-0.39, 0.29) is 11.9 Å². The minimum absolute atomic E-state index is 0.0551. The zero-order valence-corrected chi connectivity index (χ0v) is 10.1. The van der Waals surface area contributed by atoms with Crippen LogP contribution in [0.15, 0.2) is 30.3 Å². The number of rotatable bonds is 2. The number of hydrogen-bond acceptors (Lipinski definition) is 2. The Morgan fingerprint density at radius 2 is 2.00 bits per heavy atom. The van der Waals surface area contributed by atoms with Crippen molar-refractivity contribution in [2.75, 3.05) is 0 Å². The van der Waals surface area contributed by atoms with Crippen molar-refractivity contribution in [2.45, 2.75) is 19.9 Å². The lowest BCUT2D eigenvalue weighted by Gasteiger charge is -2.03. The van der Waals surface area contributed by atoms with E-state index < -0.39 is 0 Å². The van der Waals surface area contributed by atoms with Crippen molar-refractivity contribution in [3.05, 3.63) is 46.6 Å². The van der Waals surface area contributed by atoms with Gasteiger partial charge in [0, 0.05) is 15.8 Å². The van der Waals surface area contributed by atoms with Crippen LogP contribution in [0.25, 0.3) is 10.4 Å². The van der Waals surface area contributed by atoms with Gasteiger partial charge >= 0.3 is 0 Å². The molecule has 2 rings (SSSR count). The number of benzene rings is 1. The maximum absolute atomic E-state index is 13.0. The highest BCUT2D eigenvalue weighted by Gasteiger charge is 2.08. The van der Waals surface area contributed by atoms with Crippen LogP contribution in [0, 0.1) is 12.7 Å². The van der Waals surface area contributed by atoms with Crippen LogP contribution in [-0.2, 0) is 0 Å². The number of nitrogens with two attached hydrogens (primary N) is 1. The maximum Gasteiger partial charge on any atom is 0.123 e. The van der Waals surface area contributed by atoms with Gasteiger partial charge in [-0.2, -0.15) is 0 Å². The molecule has 1 atom stereocenters. The molecule has 3 heteroatoms. The van der Waals surface area contributed by atoms with Gasteiger partial charge in [-0.1, -0.05) is 6.07 Å². The van der Waals surface area contributed by atoms with Gasteiger partial charge in [0.25, 0.3) is 0 Å². The predicted molar refractivity (Wildman–Crippen MR) is 67.1 cm³/mol. The molecule has 0 saturated heterocycles. The van der Waals surface area contributed by atoms with Crippen molar-refractivity contribution < 1.29 is 4.39 Å². The summed E-state index contributed by atoms with van der Waals surface area (Å²) < 4.78 is 13.0. The Bertz CT molecular complexity index is 502. The van der Waals surface area contributed by atoms with Crippen LogP contribution in [0.1, 0.15) is 23.4 Å². The van der Waals surface area contributed by atoms with Crippen LogP contribution in [0.5, 0.6) is 0 Å². The predicted octanol–water partition coefficient (Wildman–Crippen LogP) is 3.88. The number of hydrogen-bond donors (Lipinski definition) is 1. The summed E-state index contributed by atoms with van der Waals surface area (Å²) in [5.41, 5.74) is 7.86. The van der Waals surface area contributed by atoms with E-state index in [9.17, 15) is 4.39 Å². The van der Waals surface area contributed by atoms with Crippen LogP contribution in [-0.4, -0.2) is 0 Å². The van der Waals surface area contributed by atoms with Gasteiger partial charge in [-0.25, -0.2) is 4.39 Å². The molecule has 1 aromatic heterocycles. The summed E-state index contributed by atoms with van der Waals surface area (Å²) in [7, 11) is 0. The van der Waals surface area contributed by atoms with Crippen LogP contribution in [0.2, 0.25) is 0 Å². The molecule has 1 nitrogen and oxygen atoms in total. The minimum atomic E-state index is -0.190. The Hall–Kier alpha value is -1.19. The topological polar surface area (TPSA) is 26.0 Å². The summed E-state index contributed by atoms with van der Waals surface area (Å²) in [6.45, 7) is 3.89. The molecule has 0 aliphatic heterocycles. The van der Waals surface area contributed by atoms with Crippen molar-refractivity contribution in [3.63, 3.8) is 0 Å². The molecule has 1 heterocycles. The van der Waals surface area contributed by atoms with Gasteiger partial charge in [0.15, 0.2) is 0 Å². The third kappa shape index (κ3) is 2.15. The standard InChI is InChI=1S/C13H14FNS/c1-8-7-10(14)3-4-11(8)13-6-5-12(16-13)9(2)15/h3-7,9H,15H2,1-2H3. The Morgan fingerprint density at radius 1 is 1.25 bits per heavy atom. The van der Waals surface area contributed by atoms with E-state index in [0.29, 0.717) is 0 Å². The molecule has 0 radical (unpaired) electrons. The largest absolute Gasteiger partial charge is 0.324 e. The highest BCUT2D eigenvalue weighted by molar-refractivity contribution is 7.15. The second-order valence-electron chi connectivity index (χ2n) is 3.95. The molecular weight excluding hydrogens is 221 g/mol. The van der Waals surface area contributed by atoms with Crippen molar-refractivity contribution in [2.24, 2.45) is 5.73 Å². The van der Waals surface area contributed by atoms with Crippen LogP contribution >= 0.6 is 11.3 Å². The molecule has 0 spiro atoms. The summed E-state index contributed by atoms with van der Waals surface area (Å²) in [6.07, 6.45) is 0. The molecule has 0 amide bonds. The summed E-state index contributed by atoms with van der Waals surface area (Å²) in [6, 6.07) is 9.01. The minimum Gasteiger partial charge on any atom is -0.324 e. The first-order chi connectivity index (χ1) is 7.58. The van der Waals surface area contributed by atoms with Gasteiger partial charge in [-0.3, -0.25) is 0 Å². The lowest BCUT2D eigenvalue weighted by molar-refractivity contribution is 0.627. The quantitative estimate of drug-likeness (QED) is 0.839. The van der Waals surface area contributed by atoms with Crippen LogP contribution < -0.4 is 5.73 Å². The average molecular weight is 235 g/mol. The molecule has 2 N–H and O–H groups in total. The lowest BCUT2D eigenvalue weighted by Crippen LogP contribution is -2.01.